The maximum Gasteiger partial charge on any atom is 0.220 e. The minimum absolute atomic E-state index is 0.133. The summed E-state index contributed by atoms with van der Waals surface area (Å²) < 4.78 is 32.2. The molecule has 2 aromatic carbocycles. The lowest BCUT2D eigenvalue weighted by molar-refractivity contribution is 0.389. The van der Waals surface area contributed by atoms with Gasteiger partial charge in [0.15, 0.2) is 5.58 Å². The Hall–Kier alpha value is -2.18. The highest BCUT2D eigenvalue weighted by atomic mass is 32.2. The summed E-state index contributed by atoms with van der Waals surface area (Å²) in [5.41, 5.74) is 3.39. The van der Waals surface area contributed by atoms with E-state index in [2.05, 4.69) is 11.2 Å². The van der Waals surface area contributed by atoms with Crippen LogP contribution in [0.1, 0.15) is 16.8 Å². The molecular weight excluding hydrogens is 312 g/mol. The second kappa shape index (κ2) is 5.47. The Morgan fingerprint density at radius 2 is 1.78 bits per heavy atom. The SMILES string of the molecule is O=S(=O)(Cc1noc2ccccc12)N1CCc2ccccc2C1. The minimum atomic E-state index is -3.43. The van der Waals surface area contributed by atoms with Gasteiger partial charge in [-0.3, -0.25) is 0 Å². The van der Waals surface area contributed by atoms with E-state index in [4.69, 9.17) is 4.52 Å². The minimum Gasteiger partial charge on any atom is -0.356 e. The largest absolute Gasteiger partial charge is 0.356 e. The molecule has 4 rings (SSSR count). The van der Waals surface area contributed by atoms with E-state index in [-0.39, 0.29) is 5.75 Å². The molecule has 0 atom stereocenters. The lowest BCUT2D eigenvalue weighted by Gasteiger charge is -2.27. The predicted octanol–water partition coefficient (Wildman–Crippen LogP) is 2.72. The van der Waals surface area contributed by atoms with Crippen LogP contribution in [0.3, 0.4) is 0 Å². The molecule has 2 heterocycles. The highest BCUT2D eigenvalue weighted by Gasteiger charge is 2.28. The number of fused-ring (bicyclic) bond motifs is 2. The normalized spacial score (nSPS) is 15.7. The van der Waals surface area contributed by atoms with E-state index in [0.29, 0.717) is 24.4 Å². The second-order valence-corrected chi connectivity index (χ2v) is 7.70. The van der Waals surface area contributed by atoms with Crippen LogP contribution in [-0.2, 0) is 28.7 Å². The summed E-state index contributed by atoms with van der Waals surface area (Å²) >= 11 is 0. The van der Waals surface area contributed by atoms with Crippen molar-refractivity contribution in [3.05, 3.63) is 65.4 Å². The number of nitrogens with zero attached hydrogens (tertiary/aromatic N) is 2. The van der Waals surface area contributed by atoms with Gasteiger partial charge in [0.1, 0.15) is 11.4 Å². The van der Waals surface area contributed by atoms with Crippen molar-refractivity contribution in [1.29, 1.82) is 0 Å². The number of sulfonamides is 1. The molecule has 1 aliphatic heterocycles. The van der Waals surface area contributed by atoms with Crippen LogP contribution >= 0.6 is 0 Å². The van der Waals surface area contributed by atoms with Crippen LogP contribution in [0.15, 0.2) is 53.1 Å². The van der Waals surface area contributed by atoms with Gasteiger partial charge in [-0.2, -0.15) is 4.31 Å². The van der Waals surface area contributed by atoms with Crippen LogP contribution in [0, 0.1) is 0 Å². The average Bonchev–Trinajstić information content (AvgIpc) is 2.97. The van der Waals surface area contributed by atoms with Gasteiger partial charge < -0.3 is 4.52 Å². The molecule has 5 nitrogen and oxygen atoms in total. The Morgan fingerprint density at radius 3 is 2.65 bits per heavy atom. The van der Waals surface area contributed by atoms with Gasteiger partial charge in [0, 0.05) is 18.5 Å². The van der Waals surface area contributed by atoms with Crippen LogP contribution in [0.25, 0.3) is 11.0 Å². The zero-order valence-electron chi connectivity index (χ0n) is 12.5. The van der Waals surface area contributed by atoms with E-state index in [1.165, 1.54) is 5.56 Å². The van der Waals surface area contributed by atoms with Crippen LogP contribution in [0.2, 0.25) is 0 Å². The van der Waals surface area contributed by atoms with Gasteiger partial charge in [0.25, 0.3) is 0 Å². The highest BCUT2D eigenvalue weighted by molar-refractivity contribution is 7.88. The molecule has 0 unspecified atom stereocenters. The number of hydrogen-bond acceptors (Lipinski definition) is 4. The second-order valence-electron chi connectivity index (χ2n) is 5.73. The monoisotopic (exact) mass is 328 g/mol. The molecule has 1 aromatic heterocycles. The Balaban J connectivity index is 1.62. The van der Waals surface area contributed by atoms with Crippen molar-refractivity contribution in [1.82, 2.24) is 9.46 Å². The zero-order chi connectivity index (χ0) is 15.9. The van der Waals surface area contributed by atoms with Gasteiger partial charge in [-0.15, -0.1) is 0 Å². The topological polar surface area (TPSA) is 63.4 Å². The van der Waals surface area contributed by atoms with E-state index < -0.39 is 10.0 Å². The molecule has 118 valence electrons. The summed E-state index contributed by atoms with van der Waals surface area (Å²) in [7, 11) is -3.43. The summed E-state index contributed by atoms with van der Waals surface area (Å²) in [6.07, 6.45) is 0.745. The molecule has 0 amide bonds. The quantitative estimate of drug-likeness (QED) is 0.741. The first kappa shape index (κ1) is 14.4. The fourth-order valence-corrected chi connectivity index (χ4v) is 4.46. The fourth-order valence-electron chi connectivity index (χ4n) is 3.01. The standard InChI is InChI=1S/C17H16N2O3S/c20-23(21,12-16-15-7-3-4-8-17(15)22-18-16)19-10-9-13-5-1-2-6-14(13)11-19/h1-8H,9-12H2. The molecule has 1 aliphatic rings. The maximum absolute atomic E-state index is 12.8. The molecule has 3 aromatic rings. The van der Waals surface area contributed by atoms with Crippen molar-refractivity contribution in [2.75, 3.05) is 6.54 Å². The van der Waals surface area contributed by atoms with Crippen molar-refractivity contribution < 1.29 is 12.9 Å². The molecule has 0 bridgehead atoms. The van der Waals surface area contributed by atoms with Crippen molar-refractivity contribution in [2.24, 2.45) is 0 Å². The van der Waals surface area contributed by atoms with E-state index in [0.717, 1.165) is 17.4 Å². The zero-order valence-corrected chi connectivity index (χ0v) is 13.3. The highest BCUT2D eigenvalue weighted by Crippen LogP contribution is 2.25. The summed E-state index contributed by atoms with van der Waals surface area (Å²) in [4.78, 5) is 0. The molecule has 0 N–H and O–H groups in total. The summed E-state index contributed by atoms with van der Waals surface area (Å²) in [5.74, 6) is -0.133. The molecule has 0 aliphatic carbocycles. The summed E-state index contributed by atoms with van der Waals surface area (Å²) in [5, 5.41) is 4.70. The molecular formula is C17H16N2O3S. The van der Waals surface area contributed by atoms with Crippen LogP contribution < -0.4 is 0 Å². The summed E-state index contributed by atoms with van der Waals surface area (Å²) in [6.45, 7) is 0.934. The van der Waals surface area contributed by atoms with Gasteiger partial charge in [-0.25, -0.2) is 8.42 Å². The van der Waals surface area contributed by atoms with E-state index in [9.17, 15) is 8.42 Å². The van der Waals surface area contributed by atoms with Gasteiger partial charge in [-0.05, 0) is 29.7 Å². The lowest BCUT2D eigenvalue weighted by Crippen LogP contribution is -2.36. The molecule has 0 fully saturated rings. The molecule has 0 saturated heterocycles. The third-order valence-corrected chi connectivity index (χ3v) is 6.00. The average molecular weight is 328 g/mol. The number of rotatable bonds is 3. The van der Waals surface area contributed by atoms with Gasteiger partial charge in [0.05, 0.1) is 0 Å². The van der Waals surface area contributed by atoms with Crippen molar-refractivity contribution in [2.45, 2.75) is 18.7 Å². The van der Waals surface area contributed by atoms with Crippen molar-refractivity contribution in [3.8, 4) is 0 Å². The van der Waals surface area contributed by atoms with E-state index in [1.807, 2.05) is 36.4 Å². The third-order valence-electron chi connectivity index (χ3n) is 4.26. The predicted molar refractivity (Wildman–Crippen MR) is 87.2 cm³/mol. The Labute approximate surface area is 134 Å². The first-order valence-electron chi connectivity index (χ1n) is 7.51. The van der Waals surface area contributed by atoms with Gasteiger partial charge in [-0.1, -0.05) is 41.6 Å². The Bertz CT molecular complexity index is 963. The van der Waals surface area contributed by atoms with E-state index >= 15 is 0 Å². The van der Waals surface area contributed by atoms with Gasteiger partial charge in [0.2, 0.25) is 10.0 Å². The molecule has 23 heavy (non-hydrogen) atoms. The number of hydrogen-bond donors (Lipinski definition) is 0. The van der Waals surface area contributed by atoms with Crippen molar-refractivity contribution >= 4 is 21.0 Å². The first-order chi connectivity index (χ1) is 11.1. The fraction of sp³-hybridized carbons (Fsp3) is 0.235. The van der Waals surface area contributed by atoms with Gasteiger partial charge >= 0.3 is 0 Å². The molecule has 6 heteroatoms. The number of aromatic nitrogens is 1. The lowest BCUT2D eigenvalue weighted by atomic mass is 10.0. The Kier molecular flexibility index (Phi) is 3.43. The van der Waals surface area contributed by atoms with Crippen LogP contribution in [0.5, 0.6) is 0 Å². The maximum atomic E-state index is 12.8. The van der Waals surface area contributed by atoms with Crippen LogP contribution in [-0.4, -0.2) is 24.4 Å². The molecule has 0 spiro atoms. The molecule has 0 radical (unpaired) electrons. The smallest absolute Gasteiger partial charge is 0.220 e. The molecule has 0 saturated carbocycles. The summed E-state index contributed by atoms with van der Waals surface area (Å²) in [6, 6.07) is 15.3. The first-order valence-corrected chi connectivity index (χ1v) is 9.12. The number of benzene rings is 2. The van der Waals surface area contributed by atoms with E-state index in [1.54, 1.807) is 10.4 Å². The third kappa shape index (κ3) is 2.64. The van der Waals surface area contributed by atoms with Crippen LogP contribution in [0.4, 0.5) is 0 Å². The Morgan fingerprint density at radius 1 is 1.04 bits per heavy atom. The number of para-hydroxylation sites is 1. The van der Waals surface area contributed by atoms with Crippen molar-refractivity contribution in [3.63, 3.8) is 0 Å².